The zero-order chi connectivity index (χ0) is 14.8. The quantitative estimate of drug-likeness (QED) is 0.575. The summed E-state index contributed by atoms with van der Waals surface area (Å²) in [5, 5.41) is 0.203. The van der Waals surface area contributed by atoms with Crippen molar-refractivity contribution in [2.45, 2.75) is 65.3 Å². The van der Waals surface area contributed by atoms with E-state index in [0.717, 1.165) is 12.0 Å². The van der Waals surface area contributed by atoms with E-state index in [0.29, 0.717) is 5.76 Å². The summed E-state index contributed by atoms with van der Waals surface area (Å²) < 4.78 is 11.5. The average molecular weight is 282 g/mol. The molecule has 0 amide bonds. The van der Waals surface area contributed by atoms with Gasteiger partial charge in [0, 0.05) is 13.3 Å². The van der Waals surface area contributed by atoms with Crippen LogP contribution in [0.15, 0.2) is 23.5 Å². The molecule has 0 aromatic rings. The van der Waals surface area contributed by atoms with Gasteiger partial charge in [-0.1, -0.05) is 26.8 Å². The number of hydrogen-bond acceptors (Lipinski definition) is 3. The Balaban J connectivity index is 2.72. The molecule has 1 atom stereocenters. The molecule has 0 N–H and O–H groups in total. The van der Waals surface area contributed by atoms with Crippen molar-refractivity contribution in [2.24, 2.45) is 0 Å². The summed E-state index contributed by atoms with van der Waals surface area (Å²) in [5.41, 5.74) is 1.07. The lowest BCUT2D eigenvalue weighted by molar-refractivity contribution is -0.136. The minimum Gasteiger partial charge on any atom is -0.427 e. The van der Waals surface area contributed by atoms with Gasteiger partial charge in [-0.25, -0.2) is 0 Å². The molecule has 0 saturated heterocycles. The lowest BCUT2D eigenvalue weighted by Gasteiger charge is -2.39. The fourth-order valence-corrected chi connectivity index (χ4v) is 2.99. The first-order valence-corrected chi connectivity index (χ1v) is 9.68. The summed E-state index contributed by atoms with van der Waals surface area (Å²) in [6, 6.07) is 0. The van der Waals surface area contributed by atoms with Gasteiger partial charge >= 0.3 is 5.97 Å². The Morgan fingerprint density at radius 3 is 2.37 bits per heavy atom. The predicted molar refractivity (Wildman–Crippen MR) is 80.3 cm³/mol. The van der Waals surface area contributed by atoms with Crippen LogP contribution in [0.5, 0.6) is 0 Å². The third kappa shape index (κ3) is 4.32. The van der Waals surface area contributed by atoms with Crippen LogP contribution in [0.4, 0.5) is 0 Å². The Hall–Kier alpha value is -0.873. The molecule has 1 rings (SSSR count). The first kappa shape index (κ1) is 16.2. The van der Waals surface area contributed by atoms with Crippen LogP contribution in [0.1, 0.15) is 41.0 Å². The van der Waals surface area contributed by atoms with Gasteiger partial charge in [0.1, 0.15) is 5.76 Å². The maximum atomic E-state index is 11.0. The molecule has 108 valence electrons. The van der Waals surface area contributed by atoms with Crippen LogP contribution in [0.3, 0.4) is 0 Å². The van der Waals surface area contributed by atoms with Crippen molar-refractivity contribution in [3.63, 3.8) is 0 Å². The molecular formula is C15H26O3Si. The number of ether oxygens (including phenoxy) is 1. The van der Waals surface area contributed by atoms with Gasteiger partial charge in [0.05, 0.1) is 6.10 Å². The summed E-state index contributed by atoms with van der Waals surface area (Å²) in [6.45, 7) is 14.6. The SMILES string of the molecule is CC(=O)OC1=C(C)C[C@@H](O[Si](C)(C)C(C)(C)C)C=C1. The van der Waals surface area contributed by atoms with Crippen LogP contribution >= 0.6 is 0 Å². The van der Waals surface area contributed by atoms with Crippen LogP contribution in [0, 0.1) is 0 Å². The van der Waals surface area contributed by atoms with E-state index in [9.17, 15) is 4.79 Å². The van der Waals surface area contributed by atoms with Gasteiger partial charge in [-0.05, 0) is 36.7 Å². The molecule has 0 aliphatic heterocycles. The number of esters is 1. The van der Waals surface area contributed by atoms with Crippen LogP contribution in [-0.2, 0) is 14.0 Å². The number of carbonyl (C=O) groups excluding carboxylic acids is 1. The Morgan fingerprint density at radius 2 is 1.95 bits per heavy atom. The summed E-state index contributed by atoms with van der Waals surface area (Å²) in [4.78, 5) is 11.0. The minimum atomic E-state index is -1.76. The van der Waals surface area contributed by atoms with Crippen LogP contribution in [0.25, 0.3) is 0 Å². The van der Waals surface area contributed by atoms with Crippen molar-refractivity contribution < 1.29 is 14.0 Å². The topological polar surface area (TPSA) is 35.5 Å². The van der Waals surface area contributed by atoms with Gasteiger partial charge in [-0.2, -0.15) is 0 Å². The zero-order valence-corrected chi connectivity index (χ0v) is 14.2. The van der Waals surface area contributed by atoms with Gasteiger partial charge in [-0.15, -0.1) is 0 Å². The molecule has 0 saturated carbocycles. The normalized spacial score (nSPS) is 20.7. The standard InChI is InChI=1S/C15H26O3Si/c1-11-10-13(8-9-14(11)17-12(2)16)18-19(6,7)15(3,4)5/h8-9,13H,10H2,1-7H3/t13-/m0/s1. The molecule has 4 heteroatoms. The number of hydrogen-bond donors (Lipinski definition) is 0. The van der Waals surface area contributed by atoms with E-state index in [1.807, 2.05) is 19.1 Å². The van der Waals surface area contributed by atoms with Crippen molar-refractivity contribution in [3.05, 3.63) is 23.5 Å². The van der Waals surface area contributed by atoms with Crippen LogP contribution < -0.4 is 0 Å². The molecule has 1 aliphatic rings. The lowest BCUT2D eigenvalue weighted by atomic mass is 10.0. The molecule has 0 aromatic heterocycles. The van der Waals surface area contributed by atoms with Gasteiger partial charge in [0.15, 0.2) is 8.32 Å². The summed E-state index contributed by atoms with van der Waals surface area (Å²) in [5.74, 6) is 0.394. The second kappa shape index (κ2) is 5.63. The maximum absolute atomic E-state index is 11.0. The Bertz CT molecular complexity index is 414. The highest BCUT2D eigenvalue weighted by molar-refractivity contribution is 6.74. The van der Waals surface area contributed by atoms with E-state index >= 15 is 0 Å². The second-order valence-electron chi connectivity index (χ2n) is 6.72. The van der Waals surface area contributed by atoms with E-state index in [4.69, 9.17) is 9.16 Å². The first-order valence-electron chi connectivity index (χ1n) is 6.77. The van der Waals surface area contributed by atoms with E-state index in [1.54, 1.807) is 0 Å². The third-order valence-corrected chi connectivity index (χ3v) is 8.40. The summed E-state index contributed by atoms with van der Waals surface area (Å²) >= 11 is 0. The lowest BCUT2D eigenvalue weighted by Crippen LogP contribution is -2.43. The van der Waals surface area contributed by atoms with E-state index < -0.39 is 8.32 Å². The summed E-state index contributed by atoms with van der Waals surface area (Å²) in [7, 11) is -1.76. The fraction of sp³-hybridized carbons (Fsp3) is 0.667. The molecule has 19 heavy (non-hydrogen) atoms. The molecule has 0 heterocycles. The number of rotatable bonds is 3. The van der Waals surface area contributed by atoms with E-state index in [1.165, 1.54) is 6.92 Å². The van der Waals surface area contributed by atoms with Crippen LogP contribution in [0.2, 0.25) is 18.1 Å². The highest BCUT2D eigenvalue weighted by Crippen LogP contribution is 2.38. The Labute approximate surface area is 117 Å². The zero-order valence-electron chi connectivity index (χ0n) is 13.2. The Kier molecular flexibility index (Phi) is 4.80. The molecular weight excluding hydrogens is 256 g/mol. The molecule has 0 aromatic carbocycles. The van der Waals surface area contributed by atoms with Gasteiger partial charge in [0.2, 0.25) is 0 Å². The van der Waals surface area contributed by atoms with Crippen molar-refractivity contribution >= 4 is 14.3 Å². The molecule has 1 aliphatic carbocycles. The molecule has 3 nitrogen and oxygen atoms in total. The molecule has 0 fully saturated rings. The average Bonchev–Trinajstić information content (AvgIpc) is 2.19. The van der Waals surface area contributed by atoms with E-state index in [-0.39, 0.29) is 17.1 Å². The summed E-state index contributed by atoms with van der Waals surface area (Å²) in [6.07, 6.45) is 4.76. The number of allylic oxidation sites excluding steroid dienone is 1. The van der Waals surface area contributed by atoms with Crippen LogP contribution in [-0.4, -0.2) is 20.4 Å². The van der Waals surface area contributed by atoms with Gasteiger partial charge in [-0.3, -0.25) is 4.79 Å². The van der Waals surface area contributed by atoms with Crippen molar-refractivity contribution in [1.82, 2.24) is 0 Å². The highest BCUT2D eigenvalue weighted by atomic mass is 28.4. The van der Waals surface area contributed by atoms with Gasteiger partial charge in [0.25, 0.3) is 0 Å². The number of carbonyl (C=O) groups is 1. The Morgan fingerprint density at radius 1 is 1.37 bits per heavy atom. The second-order valence-corrected chi connectivity index (χ2v) is 11.5. The molecule has 0 unspecified atom stereocenters. The van der Waals surface area contributed by atoms with Gasteiger partial charge < -0.3 is 9.16 Å². The molecule has 0 radical (unpaired) electrons. The monoisotopic (exact) mass is 282 g/mol. The minimum absolute atomic E-state index is 0.0974. The molecule has 0 spiro atoms. The van der Waals surface area contributed by atoms with Crippen molar-refractivity contribution in [3.8, 4) is 0 Å². The predicted octanol–water partition coefficient (Wildman–Crippen LogP) is 4.17. The maximum Gasteiger partial charge on any atom is 0.308 e. The van der Waals surface area contributed by atoms with E-state index in [2.05, 4.69) is 33.9 Å². The van der Waals surface area contributed by atoms with Crippen molar-refractivity contribution in [1.29, 1.82) is 0 Å². The van der Waals surface area contributed by atoms with Crippen molar-refractivity contribution in [2.75, 3.05) is 0 Å². The third-order valence-electron chi connectivity index (χ3n) is 3.90. The first-order chi connectivity index (χ1) is 8.53. The highest BCUT2D eigenvalue weighted by Gasteiger charge is 2.39. The largest absolute Gasteiger partial charge is 0.427 e. The smallest absolute Gasteiger partial charge is 0.308 e. The molecule has 0 bridgehead atoms. The fourth-order valence-electron chi connectivity index (χ4n) is 1.72.